The van der Waals surface area contributed by atoms with Gasteiger partial charge in [-0.25, -0.2) is 0 Å². The lowest BCUT2D eigenvalue weighted by Crippen LogP contribution is -2.55. The van der Waals surface area contributed by atoms with Crippen LogP contribution in [0.1, 0.15) is 17.4 Å². The van der Waals surface area contributed by atoms with Crippen molar-refractivity contribution >= 4 is 33.6 Å². The third-order valence-corrected chi connectivity index (χ3v) is 3.91. The molecule has 0 spiro atoms. The SMILES string of the molecule is O=[NH+]c1cccc(/C=C(\NC(O)c2cccc(Br)c2)C(=O)NCCO)c1.[OH-]. The summed E-state index contributed by atoms with van der Waals surface area (Å²) < 4.78 is 0.792. The minimum Gasteiger partial charge on any atom is -0.870 e. The van der Waals surface area contributed by atoms with Crippen LogP contribution in [0.5, 0.6) is 0 Å². The number of aliphatic hydroxyl groups is 2. The Labute approximate surface area is 164 Å². The van der Waals surface area contributed by atoms with Crippen LogP contribution in [-0.2, 0) is 4.79 Å². The molecule has 0 bridgehead atoms. The molecule has 8 nitrogen and oxygen atoms in total. The molecule has 0 aliphatic heterocycles. The monoisotopic (exact) mass is 437 g/mol. The summed E-state index contributed by atoms with van der Waals surface area (Å²) in [6.45, 7) is -0.129. The highest BCUT2D eigenvalue weighted by Crippen LogP contribution is 2.18. The van der Waals surface area contributed by atoms with E-state index in [-0.39, 0.29) is 24.3 Å². The van der Waals surface area contributed by atoms with E-state index in [1.54, 1.807) is 47.6 Å². The Kier molecular flexibility index (Phi) is 9.31. The number of hydrogen-bond donors (Lipinski definition) is 5. The third-order valence-electron chi connectivity index (χ3n) is 3.41. The number of rotatable bonds is 8. The van der Waals surface area contributed by atoms with E-state index in [1.165, 1.54) is 6.08 Å². The first-order chi connectivity index (χ1) is 12.5. The quantitative estimate of drug-likeness (QED) is 0.300. The fraction of sp³-hybridized carbons (Fsp3) is 0.167. The molecule has 2 aromatic rings. The van der Waals surface area contributed by atoms with Crippen molar-refractivity contribution in [3.63, 3.8) is 0 Å². The van der Waals surface area contributed by atoms with Crippen LogP contribution in [0.4, 0.5) is 5.69 Å². The van der Waals surface area contributed by atoms with Gasteiger partial charge in [0.25, 0.3) is 11.6 Å². The normalized spacial score (nSPS) is 11.9. The first-order valence-corrected chi connectivity index (χ1v) is 8.62. The lowest BCUT2D eigenvalue weighted by Gasteiger charge is -2.17. The van der Waals surface area contributed by atoms with Gasteiger partial charge in [0, 0.05) is 38.8 Å². The summed E-state index contributed by atoms with van der Waals surface area (Å²) in [5, 5.41) is 26.4. The van der Waals surface area contributed by atoms with Crippen molar-refractivity contribution in [3.8, 4) is 0 Å². The van der Waals surface area contributed by atoms with Gasteiger partial charge in [-0.1, -0.05) is 40.2 Å². The minimum absolute atomic E-state index is 0. The maximum Gasteiger partial charge on any atom is 0.267 e. The van der Waals surface area contributed by atoms with Gasteiger partial charge in [0.2, 0.25) is 0 Å². The molecule has 0 heterocycles. The molecule has 0 radical (unpaired) electrons. The van der Waals surface area contributed by atoms with Gasteiger partial charge >= 0.3 is 0 Å². The molecule has 6 N–H and O–H groups in total. The summed E-state index contributed by atoms with van der Waals surface area (Å²) in [4.78, 5) is 23.1. The minimum atomic E-state index is -1.13. The van der Waals surface area contributed by atoms with Crippen LogP contribution >= 0.6 is 15.9 Å². The van der Waals surface area contributed by atoms with Crippen molar-refractivity contribution in [2.75, 3.05) is 13.2 Å². The second-order valence-corrected chi connectivity index (χ2v) is 6.28. The Morgan fingerprint density at radius 1 is 1.22 bits per heavy atom. The fourth-order valence-corrected chi connectivity index (χ4v) is 2.62. The number of aliphatic hydroxyl groups excluding tert-OH is 2. The first-order valence-electron chi connectivity index (χ1n) is 7.82. The van der Waals surface area contributed by atoms with Crippen LogP contribution in [0, 0.1) is 4.91 Å². The molecular weight excluding hydrogens is 418 g/mol. The number of halogens is 1. The predicted octanol–water partition coefficient (Wildman–Crippen LogP) is 0.481. The highest BCUT2D eigenvalue weighted by atomic mass is 79.9. The van der Waals surface area contributed by atoms with E-state index in [1.807, 2.05) is 6.07 Å². The number of amides is 1. The van der Waals surface area contributed by atoms with Crippen LogP contribution in [0.25, 0.3) is 6.08 Å². The molecular formula is C18H20BrN3O5. The second-order valence-electron chi connectivity index (χ2n) is 5.37. The Morgan fingerprint density at radius 2 is 1.96 bits per heavy atom. The van der Waals surface area contributed by atoms with Crippen LogP contribution in [0.15, 0.2) is 58.7 Å². The molecule has 0 aliphatic carbocycles. The molecule has 1 atom stereocenters. The summed E-state index contributed by atoms with van der Waals surface area (Å²) in [5.74, 6) is -0.492. The van der Waals surface area contributed by atoms with Crippen molar-refractivity contribution in [1.29, 1.82) is 0 Å². The Hall–Kier alpha value is -2.59. The number of carbonyl (C=O) groups excluding carboxylic acids is 1. The fourth-order valence-electron chi connectivity index (χ4n) is 2.20. The Bertz CT molecular complexity index is 813. The molecule has 2 aromatic carbocycles. The summed E-state index contributed by atoms with van der Waals surface area (Å²) >= 11 is 3.33. The van der Waals surface area contributed by atoms with Gasteiger partial charge in [0.1, 0.15) is 5.70 Å². The summed E-state index contributed by atoms with van der Waals surface area (Å²) in [5.41, 5.74) is 1.60. The molecule has 144 valence electrons. The van der Waals surface area contributed by atoms with E-state index < -0.39 is 12.1 Å². The smallest absolute Gasteiger partial charge is 0.267 e. The molecule has 0 saturated heterocycles. The average Bonchev–Trinajstić information content (AvgIpc) is 2.65. The van der Waals surface area contributed by atoms with Gasteiger partial charge in [-0.05, 0) is 23.8 Å². The lowest BCUT2D eigenvalue weighted by atomic mass is 10.1. The molecule has 0 saturated carbocycles. The first kappa shape index (κ1) is 22.5. The molecule has 27 heavy (non-hydrogen) atoms. The number of hydrogen-bond acceptors (Lipinski definition) is 6. The van der Waals surface area contributed by atoms with Crippen molar-refractivity contribution in [2.45, 2.75) is 6.23 Å². The molecule has 1 unspecified atom stereocenters. The Morgan fingerprint density at radius 3 is 2.63 bits per heavy atom. The summed E-state index contributed by atoms with van der Waals surface area (Å²) in [7, 11) is 0. The van der Waals surface area contributed by atoms with Crippen LogP contribution in [-0.4, -0.2) is 34.7 Å². The second kappa shape index (κ2) is 11.2. The van der Waals surface area contributed by atoms with Crippen molar-refractivity contribution in [2.24, 2.45) is 0 Å². The van der Waals surface area contributed by atoms with Gasteiger partial charge in [-0.15, -0.1) is 0 Å². The van der Waals surface area contributed by atoms with E-state index in [4.69, 9.17) is 5.11 Å². The van der Waals surface area contributed by atoms with E-state index >= 15 is 0 Å². The highest BCUT2D eigenvalue weighted by Gasteiger charge is 2.15. The van der Waals surface area contributed by atoms with E-state index in [0.29, 0.717) is 16.8 Å². The zero-order valence-corrected chi connectivity index (χ0v) is 15.8. The number of nitrogens with one attached hydrogen (secondary N) is 3. The van der Waals surface area contributed by atoms with Gasteiger partial charge in [-0.2, -0.15) is 0 Å². The van der Waals surface area contributed by atoms with Gasteiger partial charge in [-0.3, -0.25) is 4.79 Å². The molecule has 0 aliphatic rings. The Balaban J connectivity index is 0.00000364. The van der Waals surface area contributed by atoms with E-state index in [9.17, 15) is 14.8 Å². The van der Waals surface area contributed by atoms with Crippen molar-refractivity contribution in [1.82, 2.24) is 10.6 Å². The van der Waals surface area contributed by atoms with Gasteiger partial charge < -0.3 is 26.3 Å². The lowest BCUT2D eigenvalue weighted by molar-refractivity contribution is -0.379. The molecule has 1 amide bonds. The van der Waals surface area contributed by atoms with Crippen molar-refractivity contribution < 1.29 is 25.7 Å². The van der Waals surface area contributed by atoms with Crippen LogP contribution < -0.4 is 15.8 Å². The predicted molar refractivity (Wildman–Crippen MR) is 103 cm³/mol. The van der Waals surface area contributed by atoms with Gasteiger partial charge in [0.05, 0.1) is 6.61 Å². The number of nitroso groups, excluding NO2 is 1. The highest BCUT2D eigenvalue weighted by molar-refractivity contribution is 9.10. The van der Waals surface area contributed by atoms with E-state index in [0.717, 1.165) is 4.47 Å². The van der Waals surface area contributed by atoms with Crippen molar-refractivity contribution in [3.05, 3.63) is 74.7 Å². The summed E-state index contributed by atoms with van der Waals surface area (Å²) in [6, 6.07) is 13.6. The molecule has 9 heteroatoms. The third kappa shape index (κ3) is 6.91. The maximum absolute atomic E-state index is 12.3. The van der Waals surface area contributed by atoms with Crippen LogP contribution in [0.3, 0.4) is 0 Å². The standard InChI is InChI=1S/C18H18BrN3O4.H2O/c19-14-5-2-4-13(11-14)17(24)21-16(18(25)20-7-8-23)10-12-3-1-6-15(9-12)22-26;/h1-6,9-11,17,21,23-24H,7-8H2,(H,20,25);1H2/b16-10-;. The summed E-state index contributed by atoms with van der Waals surface area (Å²) in [6.07, 6.45) is 0.383. The zero-order valence-electron chi connectivity index (χ0n) is 14.2. The molecule has 0 fully saturated rings. The number of benzene rings is 2. The maximum atomic E-state index is 12.3. The average molecular weight is 438 g/mol. The molecule has 2 rings (SSSR count). The van der Waals surface area contributed by atoms with E-state index in [2.05, 4.69) is 26.6 Å². The molecule has 0 aromatic heterocycles. The van der Waals surface area contributed by atoms with Gasteiger partial charge in [0.15, 0.2) is 6.23 Å². The number of carbonyl (C=O) groups is 1. The zero-order chi connectivity index (χ0) is 18.9. The topological polar surface area (TPSA) is 143 Å². The largest absolute Gasteiger partial charge is 0.870 e. The van der Waals surface area contributed by atoms with Crippen LogP contribution in [0.2, 0.25) is 0 Å².